The molecule has 0 fully saturated rings. The van der Waals surface area contributed by atoms with Crippen molar-refractivity contribution in [1.82, 2.24) is 26.2 Å². The first-order valence-electron chi connectivity index (χ1n) is 13.4. The van der Waals surface area contributed by atoms with Crippen LogP contribution in [-0.2, 0) is 9.59 Å². The third kappa shape index (κ3) is 22.3. The second-order valence-electron chi connectivity index (χ2n) is 9.04. The van der Waals surface area contributed by atoms with Gasteiger partial charge in [-0.1, -0.05) is 58.3 Å². The molecule has 0 saturated heterocycles. The van der Waals surface area contributed by atoms with Crippen LogP contribution in [-0.4, -0.2) is 82.2 Å². The number of hydrogen-bond acceptors (Lipinski definition) is 6. The van der Waals surface area contributed by atoms with Gasteiger partial charge in [-0.2, -0.15) is 0 Å². The number of rotatable bonds is 24. The topological polar surface area (TPSA) is 112 Å². The number of carbonyl (C=O) groups is 2. The smallest absolute Gasteiger partial charge is 0.221 e. The molecule has 0 aromatic heterocycles. The Balaban J connectivity index is 3.76. The summed E-state index contributed by atoms with van der Waals surface area (Å²) in [6.07, 6.45) is 12.6. The summed E-state index contributed by atoms with van der Waals surface area (Å²) in [5.74, 6) is 0.192. The highest BCUT2D eigenvalue weighted by Crippen LogP contribution is 2.10. The van der Waals surface area contributed by atoms with E-state index in [1.165, 1.54) is 51.4 Å². The predicted molar refractivity (Wildman–Crippen MR) is 139 cm³/mol. The first-order chi connectivity index (χ1) is 16.0. The first-order valence-corrected chi connectivity index (χ1v) is 13.4. The molecule has 0 aliphatic carbocycles. The van der Waals surface area contributed by atoms with Crippen LogP contribution in [0, 0.1) is 0 Å². The van der Waals surface area contributed by atoms with Gasteiger partial charge in [-0.3, -0.25) is 9.59 Å². The van der Waals surface area contributed by atoms with Crippen molar-refractivity contribution in [3.8, 4) is 0 Å². The van der Waals surface area contributed by atoms with Crippen LogP contribution < -0.4 is 27.0 Å². The molecule has 0 heterocycles. The number of nitrogens with one attached hydrogen (secondary N) is 4. The molecule has 6 N–H and O–H groups in total. The molecule has 0 rings (SSSR count). The molecule has 0 spiro atoms. The predicted octanol–water partition coefficient (Wildman–Crippen LogP) is 1.99. The Kier molecular flexibility index (Phi) is 23.0. The third-order valence-electron chi connectivity index (χ3n) is 5.89. The van der Waals surface area contributed by atoms with E-state index >= 15 is 0 Å². The minimum atomic E-state index is 0.0551. The molecule has 1 unspecified atom stereocenters. The average Bonchev–Trinajstić information content (AvgIpc) is 2.80. The molecule has 33 heavy (non-hydrogen) atoms. The van der Waals surface area contributed by atoms with E-state index in [-0.39, 0.29) is 17.9 Å². The second-order valence-corrected chi connectivity index (χ2v) is 9.04. The maximum Gasteiger partial charge on any atom is 0.221 e. The van der Waals surface area contributed by atoms with E-state index in [4.69, 9.17) is 5.73 Å². The van der Waals surface area contributed by atoms with Crippen molar-refractivity contribution in [2.24, 2.45) is 5.73 Å². The van der Waals surface area contributed by atoms with E-state index in [1.54, 1.807) is 7.05 Å². The van der Waals surface area contributed by atoms with Crippen molar-refractivity contribution in [2.45, 2.75) is 90.5 Å². The van der Waals surface area contributed by atoms with Gasteiger partial charge >= 0.3 is 0 Å². The zero-order valence-electron chi connectivity index (χ0n) is 21.9. The van der Waals surface area contributed by atoms with Crippen LogP contribution in [0.1, 0.15) is 84.5 Å². The van der Waals surface area contributed by atoms with Crippen molar-refractivity contribution in [2.75, 3.05) is 59.4 Å². The van der Waals surface area contributed by atoms with E-state index in [1.807, 2.05) is 0 Å². The minimum Gasteiger partial charge on any atom is -0.359 e. The van der Waals surface area contributed by atoms with Gasteiger partial charge in [0.15, 0.2) is 0 Å². The van der Waals surface area contributed by atoms with E-state index < -0.39 is 0 Å². The van der Waals surface area contributed by atoms with Crippen LogP contribution in [0.5, 0.6) is 0 Å². The van der Waals surface area contributed by atoms with Crippen LogP contribution in [0.15, 0.2) is 0 Å². The quantitative estimate of drug-likeness (QED) is 0.138. The van der Waals surface area contributed by atoms with Gasteiger partial charge in [-0.25, -0.2) is 0 Å². The molecule has 8 nitrogen and oxygen atoms in total. The highest BCUT2D eigenvalue weighted by molar-refractivity contribution is 5.76. The molecule has 8 heteroatoms. The summed E-state index contributed by atoms with van der Waals surface area (Å²) in [5, 5.41) is 12.4. The maximum absolute atomic E-state index is 12.3. The van der Waals surface area contributed by atoms with E-state index in [9.17, 15) is 9.59 Å². The molecule has 0 bridgehead atoms. The fraction of sp³-hybridized carbons (Fsp3) is 0.920. The number of hydrogen-bond donors (Lipinski definition) is 5. The summed E-state index contributed by atoms with van der Waals surface area (Å²) in [5.41, 5.74) is 5.75. The van der Waals surface area contributed by atoms with Crippen molar-refractivity contribution in [3.05, 3.63) is 0 Å². The molecule has 1 atom stereocenters. The first kappa shape index (κ1) is 31.8. The molecule has 0 aromatic rings. The number of amides is 2. The van der Waals surface area contributed by atoms with Crippen molar-refractivity contribution in [3.63, 3.8) is 0 Å². The molecular weight excluding hydrogens is 416 g/mol. The van der Waals surface area contributed by atoms with Crippen LogP contribution in [0.4, 0.5) is 0 Å². The number of nitrogens with two attached hydrogens (primary N) is 1. The van der Waals surface area contributed by atoms with Crippen LogP contribution in [0.25, 0.3) is 0 Å². The van der Waals surface area contributed by atoms with Gasteiger partial charge in [0.2, 0.25) is 11.8 Å². The van der Waals surface area contributed by atoms with Gasteiger partial charge in [0.05, 0.1) is 0 Å². The van der Waals surface area contributed by atoms with E-state index in [2.05, 4.69) is 40.0 Å². The molecule has 0 aromatic carbocycles. The highest BCUT2D eigenvalue weighted by Gasteiger charge is 2.10. The maximum atomic E-state index is 12.3. The summed E-state index contributed by atoms with van der Waals surface area (Å²) in [7, 11) is 1.65. The standard InChI is InChI=1S/C25H54N6O2/c1-4-5-6-7-8-9-10-11-12-23(2)30-25(33)14-20-31(21-15-26)22-19-29-18-17-28-16-13-24(32)27-3/h23,28-29H,4-22,26H2,1-3H3,(H,27,32)(H,30,33). The van der Waals surface area contributed by atoms with Gasteiger partial charge < -0.3 is 31.9 Å². The van der Waals surface area contributed by atoms with Gasteiger partial charge in [0.1, 0.15) is 0 Å². The summed E-state index contributed by atoms with van der Waals surface area (Å²) in [6, 6.07) is 0.248. The van der Waals surface area contributed by atoms with Crippen molar-refractivity contribution < 1.29 is 9.59 Å². The summed E-state index contributed by atoms with van der Waals surface area (Å²) >= 11 is 0. The van der Waals surface area contributed by atoms with Crippen LogP contribution in [0.2, 0.25) is 0 Å². The minimum absolute atomic E-state index is 0.0551. The lowest BCUT2D eigenvalue weighted by atomic mass is 10.1. The lowest BCUT2D eigenvalue weighted by Gasteiger charge is -2.22. The Labute approximate surface area is 203 Å². The molecule has 0 aliphatic rings. The molecule has 0 aliphatic heterocycles. The van der Waals surface area contributed by atoms with E-state index in [0.29, 0.717) is 25.9 Å². The van der Waals surface area contributed by atoms with Crippen LogP contribution in [0.3, 0.4) is 0 Å². The molecular formula is C25H54N6O2. The van der Waals surface area contributed by atoms with Gasteiger partial charge in [0, 0.05) is 78.3 Å². The second kappa shape index (κ2) is 23.9. The number of unbranched alkanes of at least 4 members (excludes halogenated alkanes) is 7. The van der Waals surface area contributed by atoms with E-state index in [0.717, 1.165) is 45.7 Å². The normalized spacial score (nSPS) is 12.2. The fourth-order valence-electron chi connectivity index (χ4n) is 3.77. The van der Waals surface area contributed by atoms with Crippen LogP contribution >= 0.6 is 0 Å². The Morgan fingerprint density at radius 3 is 2.06 bits per heavy atom. The Morgan fingerprint density at radius 1 is 0.788 bits per heavy atom. The molecule has 196 valence electrons. The Morgan fingerprint density at radius 2 is 1.42 bits per heavy atom. The molecule has 2 amide bonds. The summed E-state index contributed by atoms with van der Waals surface area (Å²) < 4.78 is 0. The largest absolute Gasteiger partial charge is 0.359 e. The number of carbonyl (C=O) groups excluding carboxylic acids is 2. The lowest BCUT2D eigenvalue weighted by molar-refractivity contribution is -0.122. The third-order valence-corrected chi connectivity index (χ3v) is 5.89. The number of nitrogens with zero attached hydrogens (tertiary/aromatic N) is 1. The van der Waals surface area contributed by atoms with Crippen molar-refractivity contribution >= 4 is 11.8 Å². The monoisotopic (exact) mass is 470 g/mol. The van der Waals surface area contributed by atoms with Gasteiger partial charge in [-0.05, 0) is 13.3 Å². The Bertz CT molecular complexity index is 464. The zero-order valence-corrected chi connectivity index (χ0v) is 21.9. The molecule has 0 saturated carbocycles. The molecule has 0 radical (unpaired) electrons. The fourth-order valence-corrected chi connectivity index (χ4v) is 3.77. The van der Waals surface area contributed by atoms with Crippen molar-refractivity contribution in [1.29, 1.82) is 0 Å². The van der Waals surface area contributed by atoms with Gasteiger partial charge in [-0.15, -0.1) is 0 Å². The average molecular weight is 471 g/mol. The SMILES string of the molecule is CCCCCCCCCCC(C)NC(=O)CCN(CCN)CCNCCNCCC(=O)NC. The summed E-state index contributed by atoms with van der Waals surface area (Å²) in [4.78, 5) is 25.7. The van der Waals surface area contributed by atoms with Gasteiger partial charge in [0.25, 0.3) is 0 Å². The lowest BCUT2D eigenvalue weighted by Crippen LogP contribution is -2.40. The summed E-state index contributed by atoms with van der Waals surface area (Å²) in [6.45, 7) is 10.6. The zero-order chi connectivity index (χ0) is 24.6. The highest BCUT2D eigenvalue weighted by atomic mass is 16.2. The Hall–Kier alpha value is -1.22.